The third-order valence-corrected chi connectivity index (χ3v) is 5.10. The summed E-state index contributed by atoms with van der Waals surface area (Å²) in [5, 5.41) is 17.6. The summed E-state index contributed by atoms with van der Waals surface area (Å²) in [7, 11) is 1.66. The predicted octanol–water partition coefficient (Wildman–Crippen LogP) is 4.27. The average molecular weight is 415 g/mol. The summed E-state index contributed by atoms with van der Waals surface area (Å²) in [6.45, 7) is 0.609. The van der Waals surface area contributed by atoms with E-state index < -0.39 is 0 Å². The van der Waals surface area contributed by atoms with E-state index in [2.05, 4.69) is 15.6 Å². The maximum absolute atomic E-state index is 9.88. The maximum Gasteiger partial charge on any atom is 0.225 e. The van der Waals surface area contributed by atoms with Crippen molar-refractivity contribution in [3.63, 3.8) is 0 Å². The first kappa shape index (κ1) is 20.6. The van der Waals surface area contributed by atoms with Crippen LogP contribution in [0.4, 0.5) is 11.8 Å². The van der Waals surface area contributed by atoms with Gasteiger partial charge in [-0.2, -0.15) is 4.98 Å². The van der Waals surface area contributed by atoms with Gasteiger partial charge in [-0.15, -0.1) is 0 Å². The minimum absolute atomic E-state index is 0.0142. The van der Waals surface area contributed by atoms with Crippen molar-refractivity contribution in [2.75, 3.05) is 24.4 Å². The highest BCUT2D eigenvalue weighted by molar-refractivity contribution is 5.90. The number of benzene rings is 3. The monoisotopic (exact) mass is 414 g/mol. The largest absolute Gasteiger partial charge is 0.497 e. The van der Waals surface area contributed by atoms with Crippen molar-refractivity contribution in [1.82, 2.24) is 9.97 Å². The number of anilines is 2. The topological polar surface area (TPSA) is 79.3 Å². The fourth-order valence-electron chi connectivity index (χ4n) is 3.45. The Hall–Kier alpha value is -3.64. The summed E-state index contributed by atoms with van der Waals surface area (Å²) in [4.78, 5) is 9.36. The molecule has 31 heavy (non-hydrogen) atoms. The van der Waals surface area contributed by atoms with Crippen LogP contribution in [0.2, 0.25) is 0 Å². The molecule has 0 aliphatic carbocycles. The fourth-order valence-corrected chi connectivity index (χ4v) is 3.45. The van der Waals surface area contributed by atoms with Gasteiger partial charge in [0, 0.05) is 11.9 Å². The first-order valence-corrected chi connectivity index (χ1v) is 10.3. The molecule has 1 heterocycles. The zero-order chi connectivity index (χ0) is 21.5. The Kier molecular flexibility index (Phi) is 6.59. The van der Waals surface area contributed by atoms with Crippen LogP contribution in [0.1, 0.15) is 11.1 Å². The summed E-state index contributed by atoms with van der Waals surface area (Å²) < 4.78 is 5.23. The summed E-state index contributed by atoms with van der Waals surface area (Å²) in [6.07, 6.45) is 0.683. The van der Waals surface area contributed by atoms with Crippen LogP contribution in [0.3, 0.4) is 0 Å². The van der Waals surface area contributed by atoms with Crippen LogP contribution in [0.15, 0.2) is 78.9 Å². The summed E-state index contributed by atoms with van der Waals surface area (Å²) in [5.41, 5.74) is 3.11. The number of hydrogen-bond acceptors (Lipinski definition) is 6. The lowest BCUT2D eigenvalue weighted by Crippen LogP contribution is -2.27. The summed E-state index contributed by atoms with van der Waals surface area (Å²) in [5.74, 6) is 2.07. The number of ether oxygens (including phenoxy) is 1. The molecule has 3 N–H and O–H groups in total. The molecular formula is C25H26N4O2. The van der Waals surface area contributed by atoms with E-state index in [1.807, 2.05) is 78.9 Å². The standard InChI is InChI=1S/C25H26N4O2/c1-31-21-13-11-19(12-14-21)16-26-24-22-9-5-6-10-23(22)28-25(29-24)27-20(17-30)15-18-7-3-2-4-8-18/h2-14,20,30H,15-17H2,1H3,(H2,26,27,28,29)/t20-/m0/s1. The summed E-state index contributed by atoms with van der Waals surface area (Å²) >= 11 is 0. The Bertz CT molecular complexity index is 1120. The molecule has 0 aliphatic heterocycles. The van der Waals surface area contributed by atoms with Crippen molar-refractivity contribution in [3.05, 3.63) is 90.0 Å². The molecule has 0 aliphatic rings. The van der Waals surface area contributed by atoms with Crippen LogP contribution < -0.4 is 15.4 Å². The number of aliphatic hydroxyl groups excluding tert-OH is 1. The van der Waals surface area contributed by atoms with E-state index in [9.17, 15) is 5.11 Å². The molecule has 0 spiro atoms. The molecule has 6 nitrogen and oxygen atoms in total. The number of aromatic nitrogens is 2. The van der Waals surface area contributed by atoms with Crippen LogP contribution in [-0.2, 0) is 13.0 Å². The highest BCUT2D eigenvalue weighted by Crippen LogP contribution is 2.23. The van der Waals surface area contributed by atoms with Gasteiger partial charge in [-0.05, 0) is 41.8 Å². The van der Waals surface area contributed by atoms with Crippen molar-refractivity contribution in [2.24, 2.45) is 0 Å². The van der Waals surface area contributed by atoms with Gasteiger partial charge in [0.25, 0.3) is 0 Å². The van der Waals surface area contributed by atoms with Gasteiger partial charge in [-0.3, -0.25) is 0 Å². The van der Waals surface area contributed by atoms with Gasteiger partial charge < -0.3 is 20.5 Å². The third kappa shape index (κ3) is 5.29. The van der Waals surface area contributed by atoms with Gasteiger partial charge in [0.05, 0.1) is 25.3 Å². The molecule has 0 saturated carbocycles. The van der Waals surface area contributed by atoms with Crippen molar-refractivity contribution < 1.29 is 9.84 Å². The van der Waals surface area contributed by atoms with Crippen molar-refractivity contribution in [2.45, 2.75) is 19.0 Å². The Balaban J connectivity index is 1.55. The molecule has 0 fully saturated rings. The second kappa shape index (κ2) is 9.91. The van der Waals surface area contributed by atoms with Gasteiger partial charge in [0.15, 0.2) is 0 Å². The Morgan fingerprint density at radius 2 is 1.61 bits per heavy atom. The zero-order valence-electron chi connectivity index (χ0n) is 17.5. The normalized spacial score (nSPS) is 11.8. The van der Waals surface area contributed by atoms with Crippen molar-refractivity contribution in [3.8, 4) is 5.75 Å². The lowest BCUT2D eigenvalue weighted by Gasteiger charge is -2.18. The molecule has 4 rings (SSSR count). The van der Waals surface area contributed by atoms with E-state index in [1.165, 1.54) is 0 Å². The Morgan fingerprint density at radius 1 is 0.871 bits per heavy atom. The van der Waals surface area contributed by atoms with Crippen molar-refractivity contribution >= 4 is 22.7 Å². The van der Waals surface area contributed by atoms with E-state index in [-0.39, 0.29) is 12.6 Å². The smallest absolute Gasteiger partial charge is 0.225 e. The number of nitrogens with zero attached hydrogens (tertiary/aromatic N) is 2. The number of methoxy groups -OCH3 is 1. The molecule has 0 radical (unpaired) electrons. The number of fused-ring (bicyclic) bond motifs is 1. The van der Waals surface area contributed by atoms with Crippen LogP contribution in [0, 0.1) is 0 Å². The van der Waals surface area contributed by atoms with Crippen LogP contribution in [0.5, 0.6) is 5.75 Å². The van der Waals surface area contributed by atoms with E-state index in [0.29, 0.717) is 18.9 Å². The minimum atomic E-state index is -0.182. The van der Waals surface area contributed by atoms with Gasteiger partial charge in [0.1, 0.15) is 11.6 Å². The molecule has 4 aromatic rings. The molecule has 0 amide bonds. The van der Waals surface area contributed by atoms with Gasteiger partial charge in [0.2, 0.25) is 5.95 Å². The number of nitrogens with one attached hydrogen (secondary N) is 2. The number of para-hydroxylation sites is 1. The van der Waals surface area contributed by atoms with Crippen molar-refractivity contribution in [1.29, 1.82) is 0 Å². The average Bonchev–Trinajstić information content (AvgIpc) is 2.83. The minimum Gasteiger partial charge on any atom is -0.497 e. The Labute approximate surface area is 181 Å². The maximum atomic E-state index is 9.88. The van der Waals surface area contributed by atoms with Crippen LogP contribution in [0.25, 0.3) is 10.9 Å². The van der Waals surface area contributed by atoms with E-state index in [0.717, 1.165) is 33.6 Å². The van der Waals surface area contributed by atoms with Gasteiger partial charge in [-0.1, -0.05) is 54.6 Å². The number of rotatable bonds is 9. The van der Waals surface area contributed by atoms with E-state index in [4.69, 9.17) is 9.72 Å². The second-order valence-corrected chi connectivity index (χ2v) is 7.33. The molecule has 6 heteroatoms. The predicted molar refractivity (Wildman–Crippen MR) is 125 cm³/mol. The molecule has 1 atom stereocenters. The molecule has 0 bridgehead atoms. The molecule has 3 aromatic carbocycles. The molecule has 1 aromatic heterocycles. The lowest BCUT2D eigenvalue weighted by molar-refractivity contribution is 0.273. The lowest BCUT2D eigenvalue weighted by atomic mass is 10.1. The first-order chi connectivity index (χ1) is 15.2. The SMILES string of the molecule is COc1ccc(CNc2nc(N[C@H](CO)Cc3ccccc3)nc3ccccc23)cc1. The number of hydrogen-bond donors (Lipinski definition) is 3. The highest BCUT2D eigenvalue weighted by Gasteiger charge is 2.13. The van der Waals surface area contributed by atoms with E-state index in [1.54, 1.807) is 7.11 Å². The zero-order valence-corrected chi connectivity index (χ0v) is 17.5. The van der Waals surface area contributed by atoms with Crippen LogP contribution >= 0.6 is 0 Å². The molecular weight excluding hydrogens is 388 g/mol. The molecule has 0 saturated heterocycles. The van der Waals surface area contributed by atoms with Gasteiger partial charge in [-0.25, -0.2) is 4.98 Å². The first-order valence-electron chi connectivity index (χ1n) is 10.3. The molecule has 0 unspecified atom stereocenters. The Morgan fingerprint density at radius 3 is 2.35 bits per heavy atom. The van der Waals surface area contributed by atoms with E-state index >= 15 is 0 Å². The fraction of sp³-hybridized carbons (Fsp3) is 0.200. The highest BCUT2D eigenvalue weighted by atomic mass is 16.5. The second-order valence-electron chi connectivity index (χ2n) is 7.33. The third-order valence-electron chi connectivity index (χ3n) is 5.10. The molecule has 158 valence electrons. The summed E-state index contributed by atoms with van der Waals surface area (Å²) in [6, 6.07) is 25.7. The van der Waals surface area contributed by atoms with Gasteiger partial charge >= 0.3 is 0 Å². The number of aliphatic hydroxyl groups is 1. The van der Waals surface area contributed by atoms with Crippen LogP contribution in [-0.4, -0.2) is 34.8 Å². The quantitative estimate of drug-likeness (QED) is 0.380.